The van der Waals surface area contributed by atoms with Crippen LogP contribution in [-0.4, -0.2) is 33.9 Å². The number of carbonyl (C=O) groups excluding carboxylic acids is 1. The van der Waals surface area contributed by atoms with Gasteiger partial charge in [-0.3, -0.25) is 4.79 Å². The third-order valence-electron chi connectivity index (χ3n) is 1.98. The Balaban J connectivity index is 2.91. The summed E-state index contributed by atoms with van der Waals surface area (Å²) in [5.41, 5.74) is 5.80. The molecule has 1 rings (SSSR count). The van der Waals surface area contributed by atoms with Crippen LogP contribution in [0.4, 0.5) is 0 Å². The van der Waals surface area contributed by atoms with Gasteiger partial charge in [-0.1, -0.05) is 12.2 Å². The highest BCUT2D eigenvalue weighted by Gasteiger charge is 2.18. The number of pyridine rings is 1. The van der Waals surface area contributed by atoms with Crippen molar-refractivity contribution in [1.82, 2.24) is 9.88 Å². The molecule has 86 valence electrons. The predicted octanol–water partition coefficient (Wildman–Crippen LogP) is 1.59. The van der Waals surface area contributed by atoms with Crippen LogP contribution < -0.4 is 5.73 Å². The molecule has 0 saturated carbocycles. The maximum absolute atomic E-state index is 12.1. The molecule has 0 aliphatic heterocycles. The van der Waals surface area contributed by atoms with Crippen LogP contribution in [0.15, 0.2) is 22.8 Å². The van der Waals surface area contributed by atoms with Crippen LogP contribution >= 0.6 is 28.1 Å². The number of rotatable bonds is 4. The zero-order chi connectivity index (χ0) is 12.1. The highest BCUT2D eigenvalue weighted by molar-refractivity contribution is 9.10. The zero-order valence-electron chi connectivity index (χ0n) is 8.81. The first kappa shape index (κ1) is 13.1. The molecule has 1 heterocycles. The van der Waals surface area contributed by atoms with Gasteiger partial charge in [-0.2, -0.15) is 0 Å². The number of nitrogens with zero attached hydrogens (tertiary/aromatic N) is 2. The summed E-state index contributed by atoms with van der Waals surface area (Å²) < 4.78 is 0.668. The molecule has 0 saturated heterocycles. The Hall–Kier alpha value is -1.01. The van der Waals surface area contributed by atoms with Gasteiger partial charge in [-0.25, -0.2) is 4.98 Å². The molecule has 6 heteroatoms. The molecular formula is C10H12BrN3OS. The van der Waals surface area contributed by atoms with Crippen LogP contribution in [0.1, 0.15) is 17.4 Å². The van der Waals surface area contributed by atoms with Gasteiger partial charge in [0.15, 0.2) is 0 Å². The average molecular weight is 302 g/mol. The molecule has 16 heavy (non-hydrogen) atoms. The Bertz CT molecular complexity index is 411. The van der Waals surface area contributed by atoms with Crippen molar-refractivity contribution in [2.24, 2.45) is 5.73 Å². The normalized spacial score (nSPS) is 9.88. The van der Waals surface area contributed by atoms with Crippen LogP contribution in [0.3, 0.4) is 0 Å². The smallest absolute Gasteiger partial charge is 0.273 e. The van der Waals surface area contributed by atoms with E-state index in [1.54, 1.807) is 23.2 Å². The minimum Gasteiger partial charge on any atom is -0.392 e. The maximum Gasteiger partial charge on any atom is 0.273 e. The number of halogens is 1. The Kier molecular flexibility index (Phi) is 4.82. The van der Waals surface area contributed by atoms with Crippen LogP contribution in [0.2, 0.25) is 0 Å². The quantitative estimate of drug-likeness (QED) is 0.858. The summed E-state index contributed by atoms with van der Waals surface area (Å²) >= 11 is 8.08. The Morgan fingerprint density at radius 2 is 2.38 bits per heavy atom. The van der Waals surface area contributed by atoms with Gasteiger partial charge in [-0.15, -0.1) is 0 Å². The van der Waals surface area contributed by atoms with Crippen LogP contribution in [0, 0.1) is 0 Å². The van der Waals surface area contributed by atoms with Crippen LogP contribution in [0.25, 0.3) is 0 Å². The van der Waals surface area contributed by atoms with Crippen molar-refractivity contribution < 1.29 is 4.79 Å². The third-order valence-corrected chi connectivity index (χ3v) is 2.75. The largest absolute Gasteiger partial charge is 0.392 e. The summed E-state index contributed by atoms with van der Waals surface area (Å²) in [6.45, 7) is 2.68. The molecule has 0 aliphatic carbocycles. The first-order chi connectivity index (χ1) is 7.56. The highest BCUT2D eigenvalue weighted by Crippen LogP contribution is 2.15. The van der Waals surface area contributed by atoms with Gasteiger partial charge in [0, 0.05) is 17.2 Å². The van der Waals surface area contributed by atoms with E-state index in [1.165, 1.54) is 0 Å². The molecule has 1 amide bonds. The van der Waals surface area contributed by atoms with Gasteiger partial charge < -0.3 is 10.6 Å². The number of hydrogen-bond acceptors (Lipinski definition) is 3. The number of nitrogens with two attached hydrogens (primary N) is 1. The summed E-state index contributed by atoms with van der Waals surface area (Å²) in [5.74, 6) is -0.178. The second-order valence-corrected chi connectivity index (χ2v) is 4.50. The highest BCUT2D eigenvalue weighted by atomic mass is 79.9. The van der Waals surface area contributed by atoms with Crippen molar-refractivity contribution in [3.63, 3.8) is 0 Å². The van der Waals surface area contributed by atoms with Gasteiger partial charge in [-0.05, 0) is 35.0 Å². The first-order valence-corrected chi connectivity index (χ1v) is 5.94. The molecule has 2 N–H and O–H groups in total. The van der Waals surface area contributed by atoms with Crippen LogP contribution in [0.5, 0.6) is 0 Å². The van der Waals surface area contributed by atoms with Gasteiger partial charge in [0.05, 0.1) is 11.5 Å². The molecule has 0 bridgehead atoms. The van der Waals surface area contributed by atoms with Crippen molar-refractivity contribution in [1.29, 1.82) is 0 Å². The lowest BCUT2D eigenvalue weighted by molar-refractivity contribution is 0.0781. The monoisotopic (exact) mass is 301 g/mol. The molecule has 4 nitrogen and oxygen atoms in total. The maximum atomic E-state index is 12.1. The van der Waals surface area contributed by atoms with E-state index in [4.69, 9.17) is 18.0 Å². The fourth-order valence-electron chi connectivity index (χ4n) is 1.21. The lowest BCUT2D eigenvalue weighted by Gasteiger charge is -2.19. The SMILES string of the molecule is CCN(CC(N)=S)C(=O)c1ncccc1Br. The van der Waals surface area contributed by atoms with E-state index in [2.05, 4.69) is 20.9 Å². The van der Waals surface area contributed by atoms with Crippen molar-refractivity contribution in [3.05, 3.63) is 28.5 Å². The van der Waals surface area contributed by atoms with E-state index in [0.29, 0.717) is 21.7 Å². The van der Waals surface area contributed by atoms with Crippen molar-refractivity contribution in [2.75, 3.05) is 13.1 Å². The Labute approximate surface area is 108 Å². The molecule has 0 aliphatic rings. The van der Waals surface area contributed by atoms with Gasteiger partial charge in [0.25, 0.3) is 5.91 Å². The molecule has 1 aromatic rings. The first-order valence-electron chi connectivity index (χ1n) is 4.74. The molecule has 0 atom stereocenters. The minimum atomic E-state index is -0.178. The van der Waals surface area contributed by atoms with Gasteiger partial charge in [0.2, 0.25) is 0 Å². The Morgan fingerprint density at radius 3 is 2.88 bits per heavy atom. The predicted molar refractivity (Wildman–Crippen MR) is 70.3 cm³/mol. The topological polar surface area (TPSA) is 59.2 Å². The zero-order valence-corrected chi connectivity index (χ0v) is 11.2. The summed E-state index contributed by atoms with van der Waals surface area (Å²) in [7, 11) is 0. The summed E-state index contributed by atoms with van der Waals surface area (Å²) in [6.07, 6.45) is 1.58. The number of carbonyl (C=O) groups is 1. The number of thiocarbonyl (C=S) groups is 1. The number of amides is 1. The molecule has 0 radical (unpaired) electrons. The van der Waals surface area contributed by atoms with E-state index >= 15 is 0 Å². The van der Waals surface area contributed by atoms with E-state index < -0.39 is 0 Å². The third kappa shape index (κ3) is 3.24. The molecule has 0 spiro atoms. The standard InChI is InChI=1S/C10H12BrN3OS/c1-2-14(6-8(12)16)10(15)9-7(11)4-3-5-13-9/h3-5H,2,6H2,1H3,(H2,12,16). The molecule has 0 fully saturated rings. The second-order valence-electron chi connectivity index (χ2n) is 3.12. The van der Waals surface area contributed by atoms with Gasteiger partial charge in [0.1, 0.15) is 5.69 Å². The second kappa shape index (κ2) is 5.91. The minimum absolute atomic E-state index is 0.178. The van der Waals surface area contributed by atoms with Crippen molar-refractivity contribution in [2.45, 2.75) is 6.92 Å². The van der Waals surface area contributed by atoms with Gasteiger partial charge >= 0.3 is 0 Å². The molecule has 0 aromatic carbocycles. The summed E-state index contributed by atoms with van der Waals surface area (Å²) in [5, 5.41) is 0. The molecule has 0 unspecified atom stereocenters. The van der Waals surface area contributed by atoms with E-state index in [9.17, 15) is 4.79 Å². The fraction of sp³-hybridized carbons (Fsp3) is 0.300. The van der Waals surface area contributed by atoms with E-state index in [-0.39, 0.29) is 12.5 Å². The Morgan fingerprint density at radius 1 is 1.69 bits per heavy atom. The van der Waals surface area contributed by atoms with E-state index in [0.717, 1.165) is 0 Å². The van der Waals surface area contributed by atoms with Crippen molar-refractivity contribution >= 4 is 39.0 Å². The van der Waals surface area contributed by atoms with Crippen LogP contribution in [-0.2, 0) is 0 Å². The van der Waals surface area contributed by atoms with E-state index in [1.807, 2.05) is 6.92 Å². The number of hydrogen-bond donors (Lipinski definition) is 1. The molecule has 1 aromatic heterocycles. The molecular weight excluding hydrogens is 290 g/mol. The summed E-state index contributed by atoms with van der Waals surface area (Å²) in [4.78, 5) is 17.9. The summed E-state index contributed by atoms with van der Waals surface area (Å²) in [6, 6.07) is 3.53. The fourth-order valence-corrected chi connectivity index (χ4v) is 1.79. The number of aromatic nitrogens is 1. The average Bonchev–Trinajstić information content (AvgIpc) is 2.25. The lowest BCUT2D eigenvalue weighted by Crippen LogP contribution is -2.38. The van der Waals surface area contributed by atoms with Crippen molar-refractivity contribution in [3.8, 4) is 0 Å². The number of likely N-dealkylation sites (N-methyl/N-ethyl adjacent to an activating group) is 1. The lowest BCUT2D eigenvalue weighted by atomic mass is 10.3.